The molecule has 0 spiro atoms. The van der Waals surface area contributed by atoms with E-state index in [4.69, 9.17) is 9.47 Å². The third-order valence-electron chi connectivity index (χ3n) is 3.21. The molecule has 1 aliphatic heterocycles. The molecular formula is C17H18BrNO5S. The van der Waals surface area contributed by atoms with Crippen molar-refractivity contribution in [2.45, 2.75) is 13.8 Å². The lowest BCUT2D eigenvalue weighted by molar-refractivity contribution is -0.147. The molecule has 0 N–H and O–H groups in total. The van der Waals surface area contributed by atoms with Crippen LogP contribution in [-0.2, 0) is 14.3 Å². The molecule has 1 aliphatic rings. The SMILES string of the molecule is COc1ccc(/C=C2/SC(=O)N(CC(=O)OCC(C)C)C2=O)cc1Br. The first kappa shape index (κ1) is 19.5. The first-order valence-corrected chi connectivity index (χ1v) is 9.17. The van der Waals surface area contributed by atoms with Crippen LogP contribution < -0.4 is 4.74 Å². The van der Waals surface area contributed by atoms with E-state index in [0.717, 1.165) is 26.7 Å². The minimum absolute atomic E-state index is 0.187. The number of amides is 2. The Morgan fingerprint density at radius 2 is 2.08 bits per heavy atom. The number of esters is 1. The summed E-state index contributed by atoms with van der Waals surface area (Å²) in [6.07, 6.45) is 1.61. The van der Waals surface area contributed by atoms with Gasteiger partial charge in [0.05, 0.1) is 23.1 Å². The third-order valence-corrected chi connectivity index (χ3v) is 4.74. The number of carbonyl (C=O) groups is 3. The average Bonchev–Trinajstić information content (AvgIpc) is 2.80. The molecule has 1 aromatic rings. The molecule has 0 atom stereocenters. The maximum absolute atomic E-state index is 12.4. The van der Waals surface area contributed by atoms with Gasteiger partial charge in [0.1, 0.15) is 12.3 Å². The fraction of sp³-hybridized carbons (Fsp3) is 0.353. The summed E-state index contributed by atoms with van der Waals surface area (Å²) in [5.41, 5.74) is 0.737. The maximum Gasteiger partial charge on any atom is 0.326 e. The van der Waals surface area contributed by atoms with Crippen molar-refractivity contribution in [3.63, 3.8) is 0 Å². The molecule has 2 amide bonds. The molecule has 6 nitrogen and oxygen atoms in total. The summed E-state index contributed by atoms with van der Waals surface area (Å²) in [6.45, 7) is 3.69. The van der Waals surface area contributed by atoms with E-state index in [0.29, 0.717) is 5.75 Å². The number of thioether (sulfide) groups is 1. The van der Waals surface area contributed by atoms with E-state index in [1.165, 1.54) is 0 Å². The fourth-order valence-electron chi connectivity index (χ4n) is 1.99. The molecule has 1 saturated heterocycles. The highest BCUT2D eigenvalue weighted by molar-refractivity contribution is 9.10. The van der Waals surface area contributed by atoms with Crippen LogP contribution in [0.3, 0.4) is 0 Å². The van der Waals surface area contributed by atoms with Gasteiger partial charge < -0.3 is 9.47 Å². The smallest absolute Gasteiger partial charge is 0.326 e. The quantitative estimate of drug-likeness (QED) is 0.508. The van der Waals surface area contributed by atoms with Crippen LogP contribution in [0.25, 0.3) is 6.08 Å². The van der Waals surface area contributed by atoms with E-state index in [9.17, 15) is 14.4 Å². The van der Waals surface area contributed by atoms with Crippen LogP contribution in [0.1, 0.15) is 19.4 Å². The molecule has 0 unspecified atom stereocenters. The Labute approximate surface area is 158 Å². The molecule has 0 radical (unpaired) electrons. The molecule has 1 fully saturated rings. The van der Waals surface area contributed by atoms with E-state index in [1.807, 2.05) is 13.8 Å². The van der Waals surface area contributed by atoms with Gasteiger partial charge in [-0.3, -0.25) is 19.3 Å². The van der Waals surface area contributed by atoms with Crippen molar-refractivity contribution in [3.05, 3.63) is 33.1 Å². The van der Waals surface area contributed by atoms with Gasteiger partial charge in [-0.2, -0.15) is 0 Å². The summed E-state index contributed by atoms with van der Waals surface area (Å²) in [5, 5.41) is -0.481. The first-order chi connectivity index (χ1) is 11.8. The Kier molecular flexibility index (Phi) is 6.66. The zero-order chi connectivity index (χ0) is 18.6. The number of hydrogen-bond donors (Lipinski definition) is 0. The Balaban J connectivity index is 2.09. The summed E-state index contributed by atoms with van der Waals surface area (Å²) in [5.74, 6) is -0.238. The zero-order valence-corrected chi connectivity index (χ0v) is 16.5. The zero-order valence-electron chi connectivity index (χ0n) is 14.1. The molecule has 1 aromatic carbocycles. The average molecular weight is 428 g/mol. The van der Waals surface area contributed by atoms with Crippen LogP contribution in [0.5, 0.6) is 5.75 Å². The number of benzene rings is 1. The second-order valence-electron chi connectivity index (χ2n) is 5.74. The van der Waals surface area contributed by atoms with Crippen molar-refractivity contribution in [1.82, 2.24) is 4.90 Å². The Morgan fingerprint density at radius 1 is 1.36 bits per heavy atom. The molecule has 0 bridgehead atoms. The number of halogens is 1. The molecule has 134 valence electrons. The Morgan fingerprint density at radius 3 is 2.68 bits per heavy atom. The van der Waals surface area contributed by atoms with Crippen LogP contribution >= 0.6 is 27.7 Å². The highest BCUT2D eigenvalue weighted by atomic mass is 79.9. The van der Waals surface area contributed by atoms with Gasteiger partial charge in [0, 0.05) is 0 Å². The van der Waals surface area contributed by atoms with Crippen LogP contribution in [0.4, 0.5) is 4.79 Å². The maximum atomic E-state index is 12.4. The minimum Gasteiger partial charge on any atom is -0.496 e. The molecule has 0 aliphatic carbocycles. The first-order valence-electron chi connectivity index (χ1n) is 7.56. The predicted molar refractivity (Wildman–Crippen MR) is 99.2 cm³/mol. The number of nitrogens with zero attached hydrogens (tertiary/aromatic N) is 1. The van der Waals surface area contributed by atoms with Gasteiger partial charge in [-0.05, 0) is 57.4 Å². The van der Waals surface area contributed by atoms with E-state index in [1.54, 1.807) is 31.4 Å². The van der Waals surface area contributed by atoms with Crippen LogP contribution in [0.15, 0.2) is 27.6 Å². The molecule has 0 aromatic heterocycles. The lowest BCUT2D eigenvalue weighted by atomic mass is 10.2. The van der Waals surface area contributed by atoms with Gasteiger partial charge in [-0.25, -0.2) is 0 Å². The van der Waals surface area contributed by atoms with Crippen LogP contribution in [0.2, 0.25) is 0 Å². The van der Waals surface area contributed by atoms with Gasteiger partial charge in [-0.15, -0.1) is 0 Å². The highest BCUT2D eigenvalue weighted by Gasteiger charge is 2.36. The van der Waals surface area contributed by atoms with Crippen LogP contribution in [0, 0.1) is 5.92 Å². The van der Waals surface area contributed by atoms with Gasteiger partial charge in [0.15, 0.2) is 0 Å². The van der Waals surface area contributed by atoms with Gasteiger partial charge in [0.25, 0.3) is 11.1 Å². The topological polar surface area (TPSA) is 72.9 Å². The molecular weight excluding hydrogens is 410 g/mol. The van der Waals surface area contributed by atoms with Crippen molar-refractivity contribution >= 4 is 50.9 Å². The van der Waals surface area contributed by atoms with Gasteiger partial charge >= 0.3 is 5.97 Å². The summed E-state index contributed by atoms with van der Waals surface area (Å²) >= 11 is 4.18. The van der Waals surface area contributed by atoms with E-state index >= 15 is 0 Å². The fourth-order valence-corrected chi connectivity index (χ4v) is 3.39. The lowest BCUT2D eigenvalue weighted by Gasteiger charge is -2.12. The molecule has 1 heterocycles. The van der Waals surface area contributed by atoms with E-state index in [2.05, 4.69) is 15.9 Å². The van der Waals surface area contributed by atoms with Crippen molar-refractivity contribution in [3.8, 4) is 5.75 Å². The minimum atomic E-state index is -0.593. The van der Waals surface area contributed by atoms with Crippen LogP contribution in [-0.4, -0.2) is 42.3 Å². The Bertz CT molecular complexity index is 732. The number of methoxy groups -OCH3 is 1. The number of imide groups is 1. The number of rotatable bonds is 6. The summed E-state index contributed by atoms with van der Waals surface area (Å²) in [6, 6.07) is 5.31. The largest absolute Gasteiger partial charge is 0.496 e. The second kappa shape index (κ2) is 8.53. The number of carbonyl (C=O) groups excluding carboxylic acids is 3. The number of hydrogen-bond acceptors (Lipinski definition) is 6. The summed E-state index contributed by atoms with van der Waals surface area (Å²) in [4.78, 5) is 37.3. The molecule has 25 heavy (non-hydrogen) atoms. The third kappa shape index (κ3) is 5.09. The normalized spacial score (nSPS) is 16.0. The monoisotopic (exact) mass is 427 g/mol. The van der Waals surface area contributed by atoms with E-state index in [-0.39, 0.29) is 24.0 Å². The Hall–Kier alpha value is -1.80. The highest BCUT2D eigenvalue weighted by Crippen LogP contribution is 2.33. The van der Waals surface area contributed by atoms with Gasteiger partial charge in [-0.1, -0.05) is 19.9 Å². The lowest BCUT2D eigenvalue weighted by Crippen LogP contribution is -2.34. The van der Waals surface area contributed by atoms with Crippen molar-refractivity contribution in [1.29, 1.82) is 0 Å². The van der Waals surface area contributed by atoms with Crippen molar-refractivity contribution in [2.24, 2.45) is 5.92 Å². The van der Waals surface area contributed by atoms with E-state index < -0.39 is 17.1 Å². The summed E-state index contributed by atoms with van der Waals surface area (Å²) in [7, 11) is 1.56. The molecule has 0 saturated carbocycles. The predicted octanol–water partition coefficient (Wildman–Crippen LogP) is 3.69. The number of ether oxygens (including phenoxy) is 2. The molecule has 8 heteroatoms. The van der Waals surface area contributed by atoms with Crippen molar-refractivity contribution < 1.29 is 23.9 Å². The molecule has 2 rings (SSSR count). The van der Waals surface area contributed by atoms with Gasteiger partial charge in [0.2, 0.25) is 0 Å². The summed E-state index contributed by atoms with van der Waals surface area (Å²) < 4.78 is 10.9. The van der Waals surface area contributed by atoms with Crippen molar-refractivity contribution in [2.75, 3.05) is 20.3 Å². The standard InChI is InChI=1S/C17H18BrNO5S/c1-10(2)9-24-15(20)8-19-16(21)14(25-17(19)22)7-11-4-5-13(23-3)12(18)6-11/h4-7,10H,8-9H2,1-3H3/b14-7+. The second-order valence-corrected chi connectivity index (χ2v) is 7.59.